The van der Waals surface area contributed by atoms with Gasteiger partial charge in [0.15, 0.2) is 5.78 Å². The van der Waals surface area contributed by atoms with Gasteiger partial charge in [0.25, 0.3) is 0 Å². The Morgan fingerprint density at radius 1 is 1.53 bits per heavy atom. The highest BCUT2D eigenvalue weighted by molar-refractivity contribution is 6.00. The summed E-state index contributed by atoms with van der Waals surface area (Å²) >= 11 is 0. The summed E-state index contributed by atoms with van der Waals surface area (Å²) in [6.07, 6.45) is 0.422. The second-order valence-corrected chi connectivity index (χ2v) is 3.65. The fraction of sp³-hybridized carbons (Fsp3) is 0.417. The van der Waals surface area contributed by atoms with Crippen molar-refractivity contribution in [3.8, 4) is 11.5 Å². The van der Waals surface area contributed by atoms with E-state index in [-0.39, 0.29) is 11.9 Å². The second kappa shape index (κ2) is 3.93. The van der Waals surface area contributed by atoms with Crippen molar-refractivity contribution < 1.29 is 14.3 Å². The smallest absolute Gasteiger partial charge is 0.170 e. The highest BCUT2D eigenvalue weighted by atomic mass is 16.5. The molecular weight excluding hydrogens is 192 g/mol. The van der Waals surface area contributed by atoms with Gasteiger partial charge in [-0.05, 0) is 32.0 Å². The number of ketones is 1. The van der Waals surface area contributed by atoms with Gasteiger partial charge in [-0.15, -0.1) is 0 Å². The number of rotatable bonds is 2. The van der Waals surface area contributed by atoms with Crippen LogP contribution in [0.15, 0.2) is 18.2 Å². The van der Waals surface area contributed by atoms with Gasteiger partial charge in [0.1, 0.15) is 17.6 Å². The average molecular weight is 206 g/mol. The molecule has 2 rings (SSSR count). The standard InChI is InChI=1S/C12H14O3/c1-3-14-9-4-5-12-10(7-9)11(13)6-8(2)15-12/h4-5,7-8H,3,6H2,1-2H3. The van der Waals surface area contributed by atoms with Crippen LogP contribution in [0.1, 0.15) is 30.6 Å². The van der Waals surface area contributed by atoms with E-state index in [4.69, 9.17) is 9.47 Å². The average Bonchev–Trinajstić information content (AvgIpc) is 2.19. The van der Waals surface area contributed by atoms with Crippen LogP contribution in [-0.2, 0) is 0 Å². The molecule has 1 heterocycles. The number of Topliss-reactive ketones (excluding diaryl/α,β-unsaturated/α-hetero) is 1. The SMILES string of the molecule is CCOc1ccc2c(c1)C(=O)CC(C)O2. The van der Waals surface area contributed by atoms with Crippen LogP contribution in [0.3, 0.4) is 0 Å². The highest BCUT2D eigenvalue weighted by Gasteiger charge is 2.23. The molecule has 3 nitrogen and oxygen atoms in total. The lowest BCUT2D eigenvalue weighted by Crippen LogP contribution is -2.23. The molecule has 15 heavy (non-hydrogen) atoms. The van der Waals surface area contributed by atoms with E-state index in [1.165, 1.54) is 0 Å². The molecular formula is C12H14O3. The summed E-state index contributed by atoms with van der Waals surface area (Å²) in [7, 11) is 0. The van der Waals surface area contributed by atoms with Crippen LogP contribution >= 0.6 is 0 Å². The summed E-state index contributed by atoms with van der Waals surface area (Å²) in [5.74, 6) is 1.52. The number of hydrogen-bond acceptors (Lipinski definition) is 3. The molecule has 80 valence electrons. The first-order valence-electron chi connectivity index (χ1n) is 5.17. The van der Waals surface area contributed by atoms with Crippen molar-refractivity contribution in [3.05, 3.63) is 23.8 Å². The zero-order chi connectivity index (χ0) is 10.8. The van der Waals surface area contributed by atoms with Gasteiger partial charge in [0, 0.05) is 6.42 Å². The number of fused-ring (bicyclic) bond motifs is 1. The summed E-state index contributed by atoms with van der Waals surface area (Å²) < 4.78 is 10.9. The molecule has 1 aliphatic heterocycles. The monoisotopic (exact) mass is 206 g/mol. The van der Waals surface area contributed by atoms with E-state index in [1.807, 2.05) is 19.9 Å². The molecule has 0 bridgehead atoms. The number of carbonyl (C=O) groups is 1. The number of benzene rings is 1. The fourth-order valence-corrected chi connectivity index (χ4v) is 1.72. The van der Waals surface area contributed by atoms with E-state index in [0.29, 0.717) is 24.3 Å². The van der Waals surface area contributed by atoms with E-state index in [0.717, 1.165) is 5.75 Å². The second-order valence-electron chi connectivity index (χ2n) is 3.65. The zero-order valence-corrected chi connectivity index (χ0v) is 8.95. The first-order valence-corrected chi connectivity index (χ1v) is 5.17. The van der Waals surface area contributed by atoms with Crippen molar-refractivity contribution >= 4 is 5.78 Å². The third-order valence-electron chi connectivity index (χ3n) is 2.36. The van der Waals surface area contributed by atoms with Crippen molar-refractivity contribution in [2.45, 2.75) is 26.4 Å². The molecule has 0 aromatic heterocycles. The maximum atomic E-state index is 11.7. The van der Waals surface area contributed by atoms with Gasteiger partial charge in [-0.1, -0.05) is 0 Å². The maximum Gasteiger partial charge on any atom is 0.170 e. The van der Waals surface area contributed by atoms with Gasteiger partial charge >= 0.3 is 0 Å². The molecule has 1 atom stereocenters. The van der Waals surface area contributed by atoms with Gasteiger partial charge in [-0.2, -0.15) is 0 Å². The van der Waals surface area contributed by atoms with Crippen molar-refractivity contribution in [2.75, 3.05) is 6.61 Å². The van der Waals surface area contributed by atoms with Crippen LogP contribution in [0.5, 0.6) is 11.5 Å². The topological polar surface area (TPSA) is 35.5 Å². The molecule has 0 N–H and O–H groups in total. The number of hydrogen-bond donors (Lipinski definition) is 0. The first-order chi connectivity index (χ1) is 7.20. The van der Waals surface area contributed by atoms with Crippen molar-refractivity contribution in [3.63, 3.8) is 0 Å². The summed E-state index contributed by atoms with van der Waals surface area (Å²) in [5.41, 5.74) is 0.638. The van der Waals surface area contributed by atoms with Crippen molar-refractivity contribution in [1.82, 2.24) is 0 Å². The van der Waals surface area contributed by atoms with Crippen LogP contribution in [0.4, 0.5) is 0 Å². The molecule has 1 aliphatic rings. The van der Waals surface area contributed by atoms with E-state index in [2.05, 4.69) is 0 Å². The van der Waals surface area contributed by atoms with Gasteiger partial charge < -0.3 is 9.47 Å². The quantitative estimate of drug-likeness (QED) is 0.745. The Bertz CT molecular complexity index is 384. The summed E-state index contributed by atoms with van der Waals surface area (Å²) in [6, 6.07) is 5.38. The molecule has 0 radical (unpaired) electrons. The molecule has 0 spiro atoms. The molecule has 1 unspecified atom stereocenters. The Labute approximate surface area is 89.0 Å². The molecule has 0 saturated carbocycles. The molecule has 1 aromatic rings. The fourth-order valence-electron chi connectivity index (χ4n) is 1.72. The Morgan fingerprint density at radius 2 is 2.33 bits per heavy atom. The van der Waals surface area contributed by atoms with E-state index >= 15 is 0 Å². The largest absolute Gasteiger partial charge is 0.494 e. The number of carbonyl (C=O) groups excluding carboxylic acids is 1. The molecule has 3 heteroatoms. The van der Waals surface area contributed by atoms with E-state index < -0.39 is 0 Å². The van der Waals surface area contributed by atoms with E-state index in [1.54, 1.807) is 12.1 Å². The molecule has 0 fully saturated rings. The first kappa shape index (κ1) is 10.0. The predicted molar refractivity (Wildman–Crippen MR) is 56.6 cm³/mol. The van der Waals surface area contributed by atoms with Gasteiger partial charge in [0.05, 0.1) is 12.2 Å². The summed E-state index contributed by atoms with van der Waals surface area (Å²) in [5, 5.41) is 0. The number of ether oxygens (including phenoxy) is 2. The highest BCUT2D eigenvalue weighted by Crippen LogP contribution is 2.30. The van der Waals surface area contributed by atoms with Crippen LogP contribution in [-0.4, -0.2) is 18.5 Å². The minimum Gasteiger partial charge on any atom is -0.494 e. The lowest BCUT2D eigenvalue weighted by atomic mass is 10.0. The summed E-state index contributed by atoms with van der Waals surface area (Å²) in [6.45, 7) is 4.42. The van der Waals surface area contributed by atoms with Crippen molar-refractivity contribution in [2.24, 2.45) is 0 Å². The lowest BCUT2D eigenvalue weighted by Gasteiger charge is -2.22. The van der Waals surface area contributed by atoms with Gasteiger partial charge in [0.2, 0.25) is 0 Å². The minimum atomic E-state index is -0.0251. The molecule has 0 saturated heterocycles. The van der Waals surface area contributed by atoms with Gasteiger partial charge in [-0.25, -0.2) is 0 Å². The molecule has 0 amide bonds. The van der Waals surface area contributed by atoms with Crippen LogP contribution in [0.25, 0.3) is 0 Å². The Hall–Kier alpha value is -1.51. The summed E-state index contributed by atoms with van der Waals surface area (Å²) in [4.78, 5) is 11.7. The Morgan fingerprint density at radius 3 is 3.07 bits per heavy atom. The minimum absolute atomic E-state index is 0.0251. The molecule has 0 aliphatic carbocycles. The molecule has 1 aromatic carbocycles. The Kier molecular flexibility index (Phi) is 2.62. The van der Waals surface area contributed by atoms with Crippen molar-refractivity contribution in [1.29, 1.82) is 0 Å². The van der Waals surface area contributed by atoms with Crippen LogP contribution in [0.2, 0.25) is 0 Å². The van der Waals surface area contributed by atoms with Gasteiger partial charge in [-0.3, -0.25) is 4.79 Å². The zero-order valence-electron chi connectivity index (χ0n) is 8.95. The van der Waals surface area contributed by atoms with Crippen LogP contribution < -0.4 is 9.47 Å². The van der Waals surface area contributed by atoms with Crippen LogP contribution in [0, 0.1) is 0 Å². The van der Waals surface area contributed by atoms with E-state index in [9.17, 15) is 4.79 Å². The maximum absolute atomic E-state index is 11.7. The Balaban J connectivity index is 2.35. The predicted octanol–water partition coefficient (Wildman–Crippen LogP) is 2.44. The third-order valence-corrected chi connectivity index (χ3v) is 2.36. The normalized spacial score (nSPS) is 19.3. The third kappa shape index (κ3) is 1.96. The lowest BCUT2D eigenvalue weighted by molar-refractivity contribution is 0.0870.